The average Bonchev–Trinajstić information content (AvgIpc) is 3.47. The van der Waals surface area contributed by atoms with E-state index in [4.69, 9.17) is 10.5 Å². The van der Waals surface area contributed by atoms with Gasteiger partial charge in [-0.15, -0.1) is 0 Å². The zero-order valence-corrected chi connectivity index (χ0v) is 25.6. The van der Waals surface area contributed by atoms with E-state index in [1.807, 2.05) is 6.92 Å². The Kier molecular flexibility index (Phi) is 10.2. The number of nitrogens with zero attached hydrogens (tertiary/aromatic N) is 1. The van der Waals surface area contributed by atoms with Gasteiger partial charge in [0.25, 0.3) is 0 Å². The number of esters is 1. The number of ether oxygens (including phenoxy) is 1. The van der Waals surface area contributed by atoms with Crippen LogP contribution in [0.4, 0.5) is 0 Å². The SMILES string of the molecule is CC(CC1CCC(C)(C)C1(C)C)OC(=O)C1CCCN1C(=O)C(NC(=O)C(O)Cc1ccc(O)c(O)c1)C(C)C(N)=O. The van der Waals surface area contributed by atoms with Crippen molar-refractivity contribution in [2.24, 2.45) is 28.4 Å². The summed E-state index contributed by atoms with van der Waals surface area (Å²) in [5, 5.41) is 32.1. The molecule has 11 heteroatoms. The van der Waals surface area contributed by atoms with Crippen molar-refractivity contribution in [1.82, 2.24) is 10.2 Å². The molecule has 234 valence electrons. The number of rotatable bonds is 11. The van der Waals surface area contributed by atoms with Crippen molar-refractivity contribution >= 4 is 23.7 Å². The fourth-order valence-corrected chi connectivity index (χ4v) is 6.19. The molecule has 1 aromatic carbocycles. The first-order chi connectivity index (χ1) is 19.5. The maximum Gasteiger partial charge on any atom is 0.329 e. The molecule has 1 saturated carbocycles. The van der Waals surface area contributed by atoms with Crippen molar-refractivity contribution in [3.8, 4) is 11.5 Å². The Bertz CT molecular complexity index is 1180. The Morgan fingerprint density at radius 2 is 1.76 bits per heavy atom. The van der Waals surface area contributed by atoms with Gasteiger partial charge in [-0.05, 0) is 73.5 Å². The second-order valence-electron chi connectivity index (χ2n) is 13.2. The van der Waals surface area contributed by atoms with E-state index >= 15 is 0 Å². The van der Waals surface area contributed by atoms with Crippen molar-refractivity contribution in [2.75, 3.05) is 6.54 Å². The van der Waals surface area contributed by atoms with E-state index in [0.717, 1.165) is 19.3 Å². The van der Waals surface area contributed by atoms with E-state index in [-0.39, 0.29) is 35.6 Å². The third kappa shape index (κ3) is 7.17. The van der Waals surface area contributed by atoms with E-state index in [0.29, 0.717) is 24.3 Å². The van der Waals surface area contributed by atoms with Crippen molar-refractivity contribution < 1.29 is 39.2 Å². The number of amides is 3. The summed E-state index contributed by atoms with van der Waals surface area (Å²) in [6.45, 7) is 12.6. The lowest BCUT2D eigenvalue weighted by molar-refractivity contribution is -0.159. The van der Waals surface area contributed by atoms with Crippen LogP contribution in [0.1, 0.15) is 79.2 Å². The topological polar surface area (TPSA) is 179 Å². The van der Waals surface area contributed by atoms with Gasteiger partial charge in [0.05, 0.1) is 12.0 Å². The van der Waals surface area contributed by atoms with Crippen LogP contribution >= 0.6 is 0 Å². The highest BCUT2D eigenvalue weighted by molar-refractivity contribution is 5.95. The van der Waals surface area contributed by atoms with Crippen LogP contribution in [0.5, 0.6) is 11.5 Å². The first-order valence-electron chi connectivity index (χ1n) is 14.8. The minimum absolute atomic E-state index is 0.0899. The van der Waals surface area contributed by atoms with Gasteiger partial charge in [0.2, 0.25) is 17.7 Å². The number of aliphatic hydroxyl groups is 1. The molecule has 0 spiro atoms. The van der Waals surface area contributed by atoms with Gasteiger partial charge in [0.1, 0.15) is 18.2 Å². The molecule has 6 atom stereocenters. The molecular formula is C31H47N3O8. The predicted molar refractivity (Wildman–Crippen MR) is 155 cm³/mol. The van der Waals surface area contributed by atoms with Gasteiger partial charge in [-0.25, -0.2) is 4.79 Å². The fraction of sp³-hybridized carbons (Fsp3) is 0.677. The number of nitrogens with two attached hydrogens (primary N) is 1. The zero-order chi connectivity index (χ0) is 31.6. The van der Waals surface area contributed by atoms with Gasteiger partial charge < -0.3 is 36.0 Å². The highest BCUT2D eigenvalue weighted by atomic mass is 16.5. The third-order valence-electron chi connectivity index (χ3n) is 9.91. The van der Waals surface area contributed by atoms with Crippen LogP contribution in [0.3, 0.4) is 0 Å². The number of carbonyl (C=O) groups is 4. The van der Waals surface area contributed by atoms with Crippen LogP contribution in [0, 0.1) is 22.7 Å². The number of benzene rings is 1. The Morgan fingerprint density at radius 3 is 2.33 bits per heavy atom. The quantitative estimate of drug-likeness (QED) is 0.193. The standard InChI is InChI=1S/C31H47N3O8/c1-17(14-20-11-12-30(3,4)31(20,5)6)42-29(41)21-8-7-13-34(21)28(40)25(18(2)26(32)38)33-27(39)24(37)16-19-9-10-22(35)23(36)15-19/h9-10,15,17-18,20-21,24-25,35-37H,7-8,11-14,16H2,1-6H3,(H2,32,38)(H,33,39). The van der Waals surface area contributed by atoms with Gasteiger partial charge >= 0.3 is 5.97 Å². The number of likely N-dealkylation sites (tertiary alicyclic amines) is 1. The molecular weight excluding hydrogens is 542 g/mol. The molecule has 11 nitrogen and oxygen atoms in total. The second kappa shape index (κ2) is 12.9. The van der Waals surface area contributed by atoms with Gasteiger partial charge in [-0.1, -0.05) is 40.7 Å². The Morgan fingerprint density at radius 1 is 1.10 bits per heavy atom. The van der Waals surface area contributed by atoms with Crippen LogP contribution in [0.2, 0.25) is 0 Å². The lowest BCUT2D eigenvalue weighted by atomic mass is 9.66. The van der Waals surface area contributed by atoms with Gasteiger partial charge in [-0.2, -0.15) is 0 Å². The summed E-state index contributed by atoms with van der Waals surface area (Å²) in [5.41, 5.74) is 6.13. The molecule has 6 unspecified atom stereocenters. The minimum atomic E-state index is -1.63. The number of hydrogen-bond donors (Lipinski definition) is 5. The van der Waals surface area contributed by atoms with Crippen molar-refractivity contribution in [1.29, 1.82) is 0 Å². The normalized spacial score (nSPS) is 23.9. The molecule has 0 radical (unpaired) electrons. The number of phenolic OH excluding ortho intramolecular Hbond substituents is 2. The van der Waals surface area contributed by atoms with Crippen LogP contribution in [0.25, 0.3) is 0 Å². The zero-order valence-electron chi connectivity index (χ0n) is 25.6. The van der Waals surface area contributed by atoms with E-state index in [2.05, 4.69) is 33.0 Å². The van der Waals surface area contributed by atoms with E-state index in [1.54, 1.807) is 0 Å². The van der Waals surface area contributed by atoms with Crippen LogP contribution in [-0.2, 0) is 30.3 Å². The number of aliphatic hydroxyl groups excluding tert-OH is 1. The van der Waals surface area contributed by atoms with E-state index < -0.39 is 53.5 Å². The third-order valence-corrected chi connectivity index (χ3v) is 9.91. The summed E-state index contributed by atoms with van der Waals surface area (Å²) in [6.07, 6.45) is 1.61. The Balaban J connectivity index is 1.68. The monoisotopic (exact) mass is 589 g/mol. The first kappa shape index (κ1) is 33.2. The molecule has 42 heavy (non-hydrogen) atoms. The summed E-state index contributed by atoms with van der Waals surface area (Å²) in [6, 6.07) is 1.58. The van der Waals surface area contributed by atoms with Gasteiger partial charge in [0.15, 0.2) is 11.5 Å². The van der Waals surface area contributed by atoms with E-state index in [1.165, 1.54) is 30.0 Å². The molecule has 1 heterocycles. The van der Waals surface area contributed by atoms with Crippen LogP contribution < -0.4 is 11.1 Å². The fourth-order valence-electron chi connectivity index (χ4n) is 6.19. The molecule has 0 aromatic heterocycles. The summed E-state index contributed by atoms with van der Waals surface area (Å²) < 4.78 is 5.84. The van der Waals surface area contributed by atoms with Gasteiger partial charge in [-0.3, -0.25) is 14.4 Å². The highest BCUT2D eigenvalue weighted by Crippen LogP contribution is 2.57. The maximum atomic E-state index is 13.7. The summed E-state index contributed by atoms with van der Waals surface area (Å²) in [7, 11) is 0. The number of phenols is 2. The largest absolute Gasteiger partial charge is 0.504 e. The molecule has 3 rings (SSSR count). The minimum Gasteiger partial charge on any atom is -0.504 e. The second-order valence-corrected chi connectivity index (χ2v) is 13.2. The molecule has 3 amide bonds. The number of nitrogens with one attached hydrogen (secondary N) is 1. The molecule has 1 aliphatic heterocycles. The van der Waals surface area contributed by atoms with Crippen molar-refractivity contribution in [3.05, 3.63) is 23.8 Å². The molecule has 6 N–H and O–H groups in total. The van der Waals surface area contributed by atoms with Crippen LogP contribution in [0.15, 0.2) is 18.2 Å². The molecule has 2 fully saturated rings. The maximum absolute atomic E-state index is 13.7. The van der Waals surface area contributed by atoms with E-state index in [9.17, 15) is 34.5 Å². The summed E-state index contributed by atoms with van der Waals surface area (Å²) in [5.74, 6) is -4.43. The molecule has 1 aromatic rings. The molecule has 2 aliphatic rings. The number of aromatic hydroxyl groups is 2. The van der Waals surface area contributed by atoms with Crippen LogP contribution in [-0.4, -0.2) is 74.7 Å². The first-order valence-corrected chi connectivity index (χ1v) is 14.8. The highest BCUT2D eigenvalue weighted by Gasteiger charge is 2.49. The number of primary amides is 1. The Labute approximate surface area is 247 Å². The smallest absolute Gasteiger partial charge is 0.329 e. The lowest BCUT2D eigenvalue weighted by Crippen LogP contribution is -2.58. The van der Waals surface area contributed by atoms with Crippen molar-refractivity contribution in [2.45, 2.75) is 104 Å². The molecule has 1 saturated heterocycles. The van der Waals surface area contributed by atoms with Gasteiger partial charge in [0, 0.05) is 13.0 Å². The summed E-state index contributed by atoms with van der Waals surface area (Å²) >= 11 is 0. The number of hydrogen-bond acceptors (Lipinski definition) is 8. The average molecular weight is 590 g/mol. The molecule has 1 aliphatic carbocycles. The summed E-state index contributed by atoms with van der Waals surface area (Å²) in [4.78, 5) is 53.3. The lowest BCUT2D eigenvalue weighted by Gasteiger charge is -2.40. The number of carbonyl (C=O) groups excluding carboxylic acids is 4. The molecule has 0 bridgehead atoms. The van der Waals surface area contributed by atoms with Crippen molar-refractivity contribution in [3.63, 3.8) is 0 Å². The Hall–Kier alpha value is -3.34. The predicted octanol–water partition coefficient (Wildman–Crippen LogP) is 2.38.